The first-order chi connectivity index (χ1) is 25.8. The number of benzene rings is 5. The average molecular weight is 903 g/mol. The normalized spacial score (nSPS) is 19.9. The number of rotatable bonds is 5. The Kier molecular flexibility index (Phi) is 8.77. The summed E-state index contributed by atoms with van der Waals surface area (Å²) in [6.45, 7) is 18.0. The molecule has 0 unspecified atom stereocenters. The summed E-state index contributed by atoms with van der Waals surface area (Å²) in [5, 5.41) is 0. The van der Waals surface area contributed by atoms with Crippen molar-refractivity contribution in [1.82, 2.24) is 4.98 Å². The molecular weight excluding hydrogens is 858 g/mol. The van der Waals surface area contributed by atoms with Crippen LogP contribution in [0.4, 0.5) is 17.2 Å². The van der Waals surface area contributed by atoms with E-state index in [0.717, 1.165) is 39.4 Å². The fraction of sp³-hybridized carbons (Fsp3) is 0.265. The van der Waals surface area contributed by atoms with E-state index >= 15 is 0 Å². The molecule has 3 aliphatic rings. The van der Waals surface area contributed by atoms with Crippen LogP contribution >= 0.6 is 0 Å². The van der Waals surface area contributed by atoms with Gasteiger partial charge in [-0.1, -0.05) is 150 Å². The fourth-order valence-electron chi connectivity index (χ4n) is 8.59. The Bertz CT molecular complexity index is 2480. The van der Waals surface area contributed by atoms with Crippen LogP contribution in [-0.2, 0) is 42.0 Å². The van der Waals surface area contributed by atoms with Crippen molar-refractivity contribution in [3.05, 3.63) is 167 Å². The molecule has 1 aliphatic carbocycles. The number of pyridine rings is 1. The largest absolute Gasteiger partial charge is 2.00 e. The Morgan fingerprint density at radius 1 is 0.709 bits per heavy atom. The number of hydrogen-bond acceptors (Lipinski definition) is 5. The number of nitrogens with zero attached hydrogens (tertiary/aromatic N) is 3. The van der Waals surface area contributed by atoms with Crippen LogP contribution in [0.25, 0.3) is 11.1 Å². The molecule has 6 aromatic rings. The zero-order chi connectivity index (χ0) is 37.6. The van der Waals surface area contributed by atoms with Gasteiger partial charge >= 0.3 is 21.1 Å². The molecule has 2 aliphatic heterocycles. The van der Waals surface area contributed by atoms with E-state index < -0.39 is 5.54 Å². The molecule has 55 heavy (non-hydrogen) atoms. The minimum Gasteiger partial charge on any atom is -0.510 e. The zero-order valence-electron chi connectivity index (χ0n) is 32.6. The molecule has 5 aromatic carbocycles. The summed E-state index contributed by atoms with van der Waals surface area (Å²) in [5.41, 5.74) is 9.89. The maximum atomic E-state index is 6.80. The van der Waals surface area contributed by atoms with Crippen LogP contribution in [0.2, 0.25) is 0 Å². The van der Waals surface area contributed by atoms with Gasteiger partial charge in [-0.15, -0.1) is 23.8 Å². The number of ether oxygens (including phenoxy) is 2. The van der Waals surface area contributed by atoms with Crippen molar-refractivity contribution in [2.24, 2.45) is 4.99 Å². The number of aliphatic imine (C=N–C) groups is 1. The summed E-state index contributed by atoms with van der Waals surface area (Å²) < 4.78 is 13.6. The molecule has 1 aromatic heterocycles. The summed E-state index contributed by atoms with van der Waals surface area (Å²) in [7, 11) is 0. The Morgan fingerprint density at radius 2 is 1.42 bits per heavy atom. The minimum atomic E-state index is -0.471. The second-order valence-electron chi connectivity index (χ2n) is 17.1. The van der Waals surface area contributed by atoms with E-state index in [1.54, 1.807) is 0 Å². The van der Waals surface area contributed by atoms with E-state index in [4.69, 9.17) is 19.5 Å². The van der Waals surface area contributed by atoms with Crippen molar-refractivity contribution in [2.45, 2.75) is 83.3 Å². The topological polar surface area (TPSA) is 47.0 Å². The van der Waals surface area contributed by atoms with Gasteiger partial charge in [-0.25, -0.2) is 4.98 Å². The molecule has 9 rings (SSSR count). The van der Waals surface area contributed by atoms with Gasteiger partial charge in [0.25, 0.3) is 0 Å². The van der Waals surface area contributed by atoms with E-state index in [-0.39, 0.29) is 43.4 Å². The van der Waals surface area contributed by atoms with Crippen LogP contribution < -0.4 is 9.64 Å². The molecule has 6 heteroatoms. The third-order valence-corrected chi connectivity index (χ3v) is 12.1. The van der Waals surface area contributed by atoms with E-state index in [2.05, 4.69) is 169 Å². The van der Waals surface area contributed by atoms with Gasteiger partial charge < -0.3 is 14.4 Å². The SMILES string of the molecule is CC(C)(C)c1ccnc(N2c3[c-]c(Oc4[c-]c(C5=N[C@@]6(C)[C@@H](O5)c5ccccc5C6(C)C)cc(-c5ccccc5)c4)ccc3C(C)(C)c3ccccc32)c1.[Pt+2]. The Labute approximate surface area is 339 Å². The fourth-order valence-corrected chi connectivity index (χ4v) is 8.59. The van der Waals surface area contributed by atoms with Gasteiger partial charge in [-0.05, 0) is 63.8 Å². The molecule has 0 radical (unpaired) electrons. The van der Waals surface area contributed by atoms with Crippen LogP contribution in [0.5, 0.6) is 11.5 Å². The number of hydrogen-bond donors (Lipinski definition) is 0. The van der Waals surface area contributed by atoms with Gasteiger partial charge in [-0.3, -0.25) is 4.99 Å². The number of fused-ring (bicyclic) bond motifs is 5. The van der Waals surface area contributed by atoms with Crippen molar-refractivity contribution in [2.75, 3.05) is 4.90 Å². The number of para-hydroxylation sites is 1. The van der Waals surface area contributed by atoms with Gasteiger partial charge in [0, 0.05) is 28.8 Å². The third-order valence-electron chi connectivity index (χ3n) is 12.1. The van der Waals surface area contributed by atoms with Crippen LogP contribution in [-0.4, -0.2) is 16.4 Å². The van der Waals surface area contributed by atoms with Crippen LogP contribution in [0, 0.1) is 12.1 Å². The van der Waals surface area contributed by atoms with Crippen LogP contribution in [0.1, 0.15) is 94.9 Å². The molecule has 0 saturated heterocycles. The van der Waals surface area contributed by atoms with Crippen LogP contribution in [0.3, 0.4) is 0 Å². The first-order valence-electron chi connectivity index (χ1n) is 18.9. The quantitative estimate of drug-likeness (QED) is 0.162. The number of aromatic nitrogens is 1. The average Bonchev–Trinajstić information content (AvgIpc) is 3.60. The molecular formula is C49H45N3O2Pt. The molecule has 0 fully saturated rings. The molecule has 5 nitrogen and oxygen atoms in total. The van der Waals surface area contributed by atoms with Crippen LogP contribution in [0.15, 0.2) is 126 Å². The minimum absolute atomic E-state index is 0. The molecule has 0 N–H and O–H groups in total. The van der Waals surface area contributed by atoms with Gasteiger partial charge in [-0.2, -0.15) is 6.07 Å². The van der Waals surface area contributed by atoms with E-state index in [0.29, 0.717) is 17.4 Å². The smallest absolute Gasteiger partial charge is 0.510 e. The summed E-state index contributed by atoms with van der Waals surface area (Å²) in [6, 6.07) is 47.4. The zero-order valence-corrected chi connectivity index (χ0v) is 34.9. The maximum absolute atomic E-state index is 6.80. The third kappa shape index (κ3) is 5.85. The first kappa shape index (κ1) is 37.0. The Hall–Kier alpha value is -4.99. The van der Waals surface area contributed by atoms with Gasteiger partial charge in [0.2, 0.25) is 0 Å². The van der Waals surface area contributed by atoms with Crippen molar-refractivity contribution >= 4 is 23.1 Å². The standard InChI is InChI=1S/C49H45N3O2.Pt/c1-46(2,3)34-24-25-50-43(29-34)52-41-21-15-14-20-39(41)47(4,5)40-23-22-35(30-42(40)52)53-36-27-32(31-16-10-9-11-17-31)26-33(28-36)45-51-49(8)44(54-45)37-18-12-13-19-38(37)48(49,6)7;/h9-27,29,44H,1-8H3;/q-2;+2/t44-,49-;/m0./s1. The summed E-state index contributed by atoms with van der Waals surface area (Å²) in [4.78, 5) is 12.5. The number of anilines is 3. The molecule has 278 valence electrons. The summed E-state index contributed by atoms with van der Waals surface area (Å²) in [5.74, 6) is 2.57. The van der Waals surface area contributed by atoms with Gasteiger partial charge in [0.15, 0.2) is 0 Å². The molecule has 0 bridgehead atoms. The van der Waals surface area contributed by atoms with Crippen molar-refractivity contribution in [3.8, 4) is 22.6 Å². The van der Waals surface area contributed by atoms with Crippen molar-refractivity contribution in [1.29, 1.82) is 0 Å². The molecule has 3 heterocycles. The summed E-state index contributed by atoms with van der Waals surface area (Å²) >= 11 is 0. The summed E-state index contributed by atoms with van der Waals surface area (Å²) in [6.07, 6.45) is 1.72. The molecule has 0 spiro atoms. The second-order valence-corrected chi connectivity index (χ2v) is 17.1. The first-order valence-corrected chi connectivity index (χ1v) is 18.9. The second kappa shape index (κ2) is 13.1. The van der Waals surface area contributed by atoms with Gasteiger partial charge in [0.05, 0.1) is 0 Å². The predicted octanol–water partition coefficient (Wildman–Crippen LogP) is 12.1. The molecule has 2 atom stereocenters. The van der Waals surface area contributed by atoms with Crippen molar-refractivity contribution in [3.63, 3.8) is 0 Å². The Morgan fingerprint density at radius 3 is 2.18 bits per heavy atom. The van der Waals surface area contributed by atoms with Crippen molar-refractivity contribution < 1.29 is 30.5 Å². The molecule has 0 saturated carbocycles. The maximum Gasteiger partial charge on any atom is 2.00 e. The van der Waals surface area contributed by atoms with Gasteiger partial charge in [0.1, 0.15) is 23.4 Å². The Balaban J connectivity index is 0.00000427. The van der Waals surface area contributed by atoms with E-state index in [9.17, 15) is 0 Å². The monoisotopic (exact) mass is 902 g/mol. The molecule has 0 amide bonds. The van der Waals surface area contributed by atoms with E-state index in [1.165, 1.54) is 22.3 Å². The van der Waals surface area contributed by atoms with E-state index in [1.807, 2.05) is 24.4 Å². The predicted molar refractivity (Wildman–Crippen MR) is 218 cm³/mol.